The second-order valence-corrected chi connectivity index (χ2v) is 8.01. The van der Waals surface area contributed by atoms with Crippen molar-refractivity contribution in [2.24, 2.45) is 0 Å². The first kappa shape index (κ1) is 20.6. The van der Waals surface area contributed by atoms with Gasteiger partial charge in [-0.1, -0.05) is 17.7 Å². The van der Waals surface area contributed by atoms with Crippen LogP contribution in [0, 0.1) is 6.92 Å². The summed E-state index contributed by atoms with van der Waals surface area (Å²) in [7, 11) is 2.06. The van der Waals surface area contributed by atoms with Crippen molar-refractivity contribution in [3.63, 3.8) is 0 Å². The van der Waals surface area contributed by atoms with Crippen molar-refractivity contribution in [2.45, 2.75) is 11.8 Å². The number of benzene rings is 2. The second-order valence-electron chi connectivity index (χ2n) is 6.15. The number of amides is 1. The highest BCUT2D eigenvalue weighted by Gasteiger charge is 2.30. The largest absolute Gasteiger partial charge is 0.497 e. The molecule has 0 saturated carbocycles. The minimum atomic E-state index is -4.01. The highest BCUT2D eigenvalue weighted by Crippen LogP contribution is 2.35. The Morgan fingerprint density at radius 3 is 2.15 bits per heavy atom. The molecule has 0 aliphatic rings. The zero-order chi connectivity index (χ0) is 20.2. The summed E-state index contributed by atoms with van der Waals surface area (Å²) in [4.78, 5) is 13.8. The third-order valence-corrected chi connectivity index (χ3v) is 5.82. The van der Waals surface area contributed by atoms with Crippen LogP contribution in [-0.2, 0) is 14.8 Å². The first-order valence-corrected chi connectivity index (χ1v) is 9.66. The number of likely N-dealkylation sites (N-methyl/N-ethyl adjacent to an activating group) is 1. The van der Waals surface area contributed by atoms with Crippen molar-refractivity contribution in [1.82, 2.24) is 4.90 Å². The lowest BCUT2D eigenvalue weighted by atomic mass is 10.2. The van der Waals surface area contributed by atoms with E-state index in [4.69, 9.17) is 9.47 Å². The first-order chi connectivity index (χ1) is 12.7. The second kappa shape index (κ2) is 8.30. The van der Waals surface area contributed by atoms with Gasteiger partial charge in [0.15, 0.2) is 0 Å². The minimum Gasteiger partial charge on any atom is -0.497 e. The van der Waals surface area contributed by atoms with Crippen LogP contribution in [-0.4, -0.2) is 54.1 Å². The van der Waals surface area contributed by atoms with Crippen LogP contribution in [0.25, 0.3) is 0 Å². The Bertz CT molecular complexity index is 908. The van der Waals surface area contributed by atoms with Gasteiger partial charge in [-0.2, -0.15) is 0 Å². The van der Waals surface area contributed by atoms with E-state index in [1.807, 2.05) is 6.92 Å². The minimum absolute atomic E-state index is 0.0875. The molecule has 0 fully saturated rings. The van der Waals surface area contributed by atoms with Crippen molar-refractivity contribution < 1.29 is 22.7 Å². The smallest absolute Gasteiger partial charge is 0.264 e. The number of methoxy groups -OCH3 is 2. The molecule has 2 rings (SSSR count). The lowest BCUT2D eigenvalue weighted by Crippen LogP contribution is -2.40. The van der Waals surface area contributed by atoms with Gasteiger partial charge in [-0.25, -0.2) is 8.42 Å². The Kier molecular flexibility index (Phi) is 6.32. The molecule has 2 aromatic rings. The lowest BCUT2D eigenvalue weighted by Gasteiger charge is -2.27. The van der Waals surface area contributed by atoms with Gasteiger partial charge in [-0.15, -0.1) is 0 Å². The number of nitrogens with zero attached hydrogens (tertiary/aromatic N) is 2. The molecule has 0 unspecified atom stereocenters. The molecule has 0 saturated heterocycles. The molecule has 0 aliphatic carbocycles. The number of sulfonamides is 1. The van der Waals surface area contributed by atoms with Crippen LogP contribution in [0.15, 0.2) is 47.4 Å². The maximum atomic E-state index is 13.3. The van der Waals surface area contributed by atoms with Crippen LogP contribution in [0.4, 0.5) is 5.69 Å². The van der Waals surface area contributed by atoms with Crippen molar-refractivity contribution in [1.29, 1.82) is 0 Å². The monoisotopic (exact) mass is 392 g/mol. The van der Waals surface area contributed by atoms with Gasteiger partial charge in [0.1, 0.15) is 18.0 Å². The molecular weight excluding hydrogens is 368 g/mol. The molecule has 0 N–H and O–H groups in total. The van der Waals surface area contributed by atoms with Gasteiger partial charge < -0.3 is 14.4 Å². The molecule has 8 heteroatoms. The molecule has 0 radical (unpaired) electrons. The summed E-state index contributed by atoms with van der Waals surface area (Å²) in [6.45, 7) is 1.50. The normalized spacial score (nSPS) is 11.0. The fourth-order valence-electron chi connectivity index (χ4n) is 2.39. The highest BCUT2D eigenvalue weighted by atomic mass is 32.2. The zero-order valence-electron chi connectivity index (χ0n) is 16.1. The van der Waals surface area contributed by atoms with Crippen molar-refractivity contribution in [3.8, 4) is 11.5 Å². The topological polar surface area (TPSA) is 76.2 Å². The number of ether oxygens (including phenoxy) is 2. The molecule has 0 aliphatic heterocycles. The molecule has 0 spiro atoms. The third-order valence-electron chi connectivity index (χ3n) is 4.04. The number of carbonyl (C=O) groups excluding carboxylic acids is 1. The molecule has 2 aromatic carbocycles. The van der Waals surface area contributed by atoms with Gasteiger partial charge in [0.25, 0.3) is 10.0 Å². The number of anilines is 1. The highest BCUT2D eigenvalue weighted by molar-refractivity contribution is 7.92. The van der Waals surface area contributed by atoms with E-state index in [1.165, 1.54) is 37.3 Å². The quantitative estimate of drug-likeness (QED) is 0.723. The zero-order valence-corrected chi connectivity index (χ0v) is 16.9. The Morgan fingerprint density at radius 1 is 1.00 bits per heavy atom. The fraction of sp³-hybridized carbons (Fsp3) is 0.316. The molecule has 146 valence electrons. The van der Waals surface area contributed by atoms with Crippen LogP contribution < -0.4 is 13.8 Å². The summed E-state index contributed by atoms with van der Waals surface area (Å²) in [6.07, 6.45) is 0. The van der Waals surface area contributed by atoms with E-state index in [9.17, 15) is 13.2 Å². The molecule has 27 heavy (non-hydrogen) atoms. The summed E-state index contributed by atoms with van der Waals surface area (Å²) in [6, 6.07) is 11.3. The molecular formula is C19H24N2O5S. The van der Waals surface area contributed by atoms with Crippen LogP contribution in [0.2, 0.25) is 0 Å². The standard InChI is InChI=1S/C19H24N2O5S/c1-14-6-9-16(10-7-14)27(23,24)21(13-19(22)20(2)3)17-12-15(25-4)8-11-18(17)26-5/h6-12H,13H2,1-5H3. The molecule has 0 aromatic heterocycles. The lowest BCUT2D eigenvalue weighted by molar-refractivity contribution is -0.127. The van der Waals surface area contributed by atoms with Crippen LogP contribution in [0.5, 0.6) is 11.5 Å². The Labute approximate surface area is 160 Å². The van der Waals surface area contributed by atoms with Crippen molar-refractivity contribution >= 4 is 21.6 Å². The summed E-state index contributed by atoms with van der Waals surface area (Å²) in [5.41, 5.74) is 1.16. The van der Waals surface area contributed by atoms with Gasteiger partial charge >= 0.3 is 0 Å². The summed E-state index contributed by atoms with van der Waals surface area (Å²) in [5.74, 6) is 0.404. The van der Waals surface area contributed by atoms with E-state index >= 15 is 0 Å². The van der Waals surface area contributed by atoms with Gasteiger partial charge in [0, 0.05) is 20.2 Å². The first-order valence-electron chi connectivity index (χ1n) is 8.22. The molecule has 7 nitrogen and oxygen atoms in total. The molecule has 0 atom stereocenters. The number of hydrogen-bond acceptors (Lipinski definition) is 5. The maximum absolute atomic E-state index is 13.3. The average molecular weight is 392 g/mol. The van der Waals surface area contributed by atoms with Crippen LogP contribution in [0.1, 0.15) is 5.56 Å². The van der Waals surface area contributed by atoms with Gasteiger partial charge in [0.05, 0.1) is 24.8 Å². The third kappa shape index (κ3) is 4.51. The predicted octanol–water partition coefficient (Wildman–Crippen LogP) is 2.30. The molecule has 0 bridgehead atoms. The summed E-state index contributed by atoms with van der Waals surface area (Å²) < 4.78 is 38.3. The summed E-state index contributed by atoms with van der Waals surface area (Å²) in [5, 5.41) is 0. The Morgan fingerprint density at radius 2 is 1.63 bits per heavy atom. The van der Waals surface area contributed by atoms with Crippen molar-refractivity contribution in [3.05, 3.63) is 48.0 Å². The van der Waals surface area contributed by atoms with Gasteiger partial charge in [0.2, 0.25) is 5.91 Å². The van der Waals surface area contributed by atoms with E-state index in [1.54, 1.807) is 38.4 Å². The van der Waals surface area contributed by atoms with E-state index < -0.39 is 10.0 Å². The van der Waals surface area contributed by atoms with E-state index in [0.717, 1.165) is 9.87 Å². The Hall–Kier alpha value is -2.74. The average Bonchev–Trinajstić information content (AvgIpc) is 2.65. The number of aryl methyl sites for hydroxylation is 1. The van der Waals surface area contributed by atoms with E-state index in [0.29, 0.717) is 11.5 Å². The van der Waals surface area contributed by atoms with Crippen LogP contribution >= 0.6 is 0 Å². The summed E-state index contributed by atoms with van der Waals surface area (Å²) >= 11 is 0. The van der Waals surface area contributed by atoms with Crippen molar-refractivity contribution in [2.75, 3.05) is 39.2 Å². The molecule has 0 heterocycles. The van der Waals surface area contributed by atoms with E-state index in [2.05, 4.69) is 0 Å². The van der Waals surface area contributed by atoms with Gasteiger partial charge in [-0.3, -0.25) is 9.10 Å². The SMILES string of the molecule is COc1ccc(OC)c(N(CC(=O)N(C)C)S(=O)(=O)c2ccc(C)cc2)c1. The maximum Gasteiger partial charge on any atom is 0.264 e. The Balaban J connectivity index is 2.65. The van der Waals surface area contributed by atoms with Crippen LogP contribution in [0.3, 0.4) is 0 Å². The predicted molar refractivity (Wildman–Crippen MR) is 104 cm³/mol. The number of rotatable bonds is 7. The molecule has 1 amide bonds. The number of hydrogen-bond donors (Lipinski definition) is 0. The number of carbonyl (C=O) groups is 1. The van der Waals surface area contributed by atoms with Gasteiger partial charge in [-0.05, 0) is 31.2 Å². The van der Waals surface area contributed by atoms with E-state index in [-0.39, 0.29) is 23.0 Å². The fourth-order valence-corrected chi connectivity index (χ4v) is 3.81.